The van der Waals surface area contributed by atoms with Gasteiger partial charge in [-0.1, -0.05) is 6.92 Å². The Hall–Kier alpha value is -1.28. The molecule has 2 rings (SSSR count). The van der Waals surface area contributed by atoms with Gasteiger partial charge in [0.1, 0.15) is 14.8 Å². The van der Waals surface area contributed by atoms with Gasteiger partial charge in [0, 0.05) is 13.1 Å². The van der Waals surface area contributed by atoms with Crippen molar-refractivity contribution < 1.29 is 13.2 Å². The number of amides is 1. The average Bonchev–Trinajstić information content (AvgIpc) is 3.23. The lowest BCUT2D eigenvalue weighted by atomic mass is 10.2. The van der Waals surface area contributed by atoms with Crippen LogP contribution >= 0.6 is 11.3 Å². The fraction of sp³-hybridized carbons (Fsp3) is 0.615. The van der Waals surface area contributed by atoms with Crippen molar-refractivity contribution in [3.05, 3.63) is 4.88 Å². The minimum Gasteiger partial charge on any atom is -0.396 e. The van der Waals surface area contributed by atoms with Crippen molar-refractivity contribution in [2.75, 3.05) is 23.9 Å². The third kappa shape index (κ3) is 3.16. The molecule has 1 atom stereocenters. The van der Waals surface area contributed by atoms with Crippen LogP contribution in [-0.2, 0) is 9.84 Å². The molecule has 1 heterocycles. The molecule has 1 aliphatic rings. The number of thiophene rings is 1. The average molecular weight is 331 g/mol. The molecule has 1 aromatic rings. The standard InChI is InChI=1S/C13H21N3O3S2/c1-4-21(18,19)11-9(14)10(12(17)15-3)20-13(11)16-7(2)8-5-6-8/h7-8,16H,4-6,14H2,1-3H3,(H,15,17). The van der Waals surface area contributed by atoms with Gasteiger partial charge in [0.2, 0.25) is 0 Å². The SMILES string of the molecule is CCS(=O)(=O)c1c(NC(C)C2CC2)sc(C(=O)NC)c1N. The summed E-state index contributed by atoms with van der Waals surface area (Å²) in [4.78, 5) is 12.2. The van der Waals surface area contributed by atoms with Crippen molar-refractivity contribution in [1.82, 2.24) is 5.32 Å². The highest BCUT2D eigenvalue weighted by molar-refractivity contribution is 7.91. The number of hydrogen-bond donors (Lipinski definition) is 3. The minimum atomic E-state index is -3.49. The van der Waals surface area contributed by atoms with E-state index < -0.39 is 9.84 Å². The summed E-state index contributed by atoms with van der Waals surface area (Å²) in [6, 6.07) is 0.173. The van der Waals surface area contributed by atoms with Gasteiger partial charge >= 0.3 is 0 Å². The molecule has 0 spiro atoms. The number of nitrogens with two attached hydrogens (primary N) is 1. The van der Waals surface area contributed by atoms with Gasteiger partial charge in [-0.05, 0) is 25.7 Å². The number of nitrogens with one attached hydrogen (secondary N) is 2. The molecule has 118 valence electrons. The van der Waals surface area contributed by atoms with E-state index in [4.69, 9.17) is 5.73 Å². The zero-order valence-electron chi connectivity index (χ0n) is 12.4. The van der Waals surface area contributed by atoms with Gasteiger partial charge < -0.3 is 16.4 Å². The van der Waals surface area contributed by atoms with Gasteiger partial charge in [0.15, 0.2) is 9.84 Å². The van der Waals surface area contributed by atoms with Gasteiger partial charge in [-0.25, -0.2) is 8.42 Å². The molecule has 1 saturated carbocycles. The molecule has 0 radical (unpaired) electrons. The van der Waals surface area contributed by atoms with Crippen LogP contribution in [0.4, 0.5) is 10.7 Å². The second-order valence-corrected chi connectivity index (χ2v) is 8.49. The third-order valence-electron chi connectivity index (χ3n) is 3.71. The molecule has 1 aromatic heterocycles. The summed E-state index contributed by atoms with van der Waals surface area (Å²) in [7, 11) is -1.99. The van der Waals surface area contributed by atoms with Crippen LogP contribution in [-0.4, -0.2) is 33.2 Å². The first-order valence-electron chi connectivity index (χ1n) is 6.95. The molecular formula is C13H21N3O3S2. The number of nitrogen functional groups attached to an aromatic ring is 1. The number of carbonyl (C=O) groups is 1. The van der Waals surface area contributed by atoms with Crippen LogP contribution < -0.4 is 16.4 Å². The first-order valence-corrected chi connectivity index (χ1v) is 9.42. The monoisotopic (exact) mass is 331 g/mol. The summed E-state index contributed by atoms with van der Waals surface area (Å²) in [5.74, 6) is 0.152. The van der Waals surface area contributed by atoms with Crippen molar-refractivity contribution in [3.63, 3.8) is 0 Å². The van der Waals surface area contributed by atoms with Crippen LogP contribution in [0.2, 0.25) is 0 Å². The van der Waals surface area contributed by atoms with E-state index in [9.17, 15) is 13.2 Å². The van der Waals surface area contributed by atoms with Crippen LogP contribution in [0.3, 0.4) is 0 Å². The van der Waals surface area contributed by atoms with Gasteiger partial charge in [0.25, 0.3) is 5.91 Å². The quantitative estimate of drug-likeness (QED) is 0.736. The van der Waals surface area contributed by atoms with Crippen molar-refractivity contribution >= 4 is 37.8 Å². The first kappa shape index (κ1) is 16.1. The number of anilines is 2. The molecule has 8 heteroatoms. The molecule has 6 nitrogen and oxygen atoms in total. The van der Waals surface area contributed by atoms with Crippen LogP contribution in [0.1, 0.15) is 36.4 Å². The Morgan fingerprint density at radius 2 is 2.10 bits per heavy atom. The highest BCUT2D eigenvalue weighted by atomic mass is 32.2. The summed E-state index contributed by atoms with van der Waals surface area (Å²) in [5, 5.41) is 6.20. The molecule has 0 aromatic carbocycles. The van der Waals surface area contributed by atoms with E-state index in [0.717, 1.165) is 24.2 Å². The topological polar surface area (TPSA) is 101 Å². The van der Waals surface area contributed by atoms with E-state index in [-0.39, 0.29) is 33.2 Å². The molecule has 1 aliphatic carbocycles. The highest BCUT2D eigenvalue weighted by Crippen LogP contribution is 2.42. The Labute approximate surface area is 129 Å². The van der Waals surface area contributed by atoms with E-state index in [1.807, 2.05) is 6.92 Å². The predicted octanol–water partition coefficient (Wildman–Crippen LogP) is 1.69. The van der Waals surface area contributed by atoms with Gasteiger partial charge in [-0.15, -0.1) is 11.3 Å². The third-order valence-corrected chi connectivity index (χ3v) is 6.78. The predicted molar refractivity (Wildman–Crippen MR) is 85.7 cm³/mol. The Kier molecular flexibility index (Phi) is 4.48. The zero-order valence-corrected chi connectivity index (χ0v) is 14.0. The number of rotatable bonds is 6. The summed E-state index contributed by atoms with van der Waals surface area (Å²) >= 11 is 1.11. The lowest BCUT2D eigenvalue weighted by molar-refractivity contribution is 0.0968. The fourth-order valence-corrected chi connectivity index (χ4v) is 4.88. The smallest absolute Gasteiger partial charge is 0.263 e. The van der Waals surface area contributed by atoms with Crippen molar-refractivity contribution in [2.24, 2.45) is 5.92 Å². The molecule has 4 N–H and O–H groups in total. The maximum absolute atomic E-state index is 12.3. The highest BCUT2D eigenvalue weighted by Gasteiger charge is 2.32. The van der Waals surface area contributed by atoms with E-state index >= 15 is 0 Å². The lowest BCUT2D eigenvalue weighted by Crippen LogP contribution is -2.19. The Balaban J connectivity index is 2.48. The fourth-order valence-electron chi connectivity index (χ4n) is 2.18. The second-order valence-electron chi connectivity index (χ2n) is 5.26. The Bertz CT molecular complexity index is 648. The molecule has 0 aliphatic heterocycles. The maximum atomic E-state index is 12.3. The number of hydrogen-bond acceptors (Lipinski definition) is 6. The lowest BCUT2D eigenvalue weighted by Gasteiger charge is -2.14. The van der Waals surface area contributed by atoms with Crippen LogP contribution in [0.5, 0.6) is 0 Å². The Morgan fingerprint density at radius 1 is 1.48 bits per heavy atom. The number of sulfone groups is 1. The maximum Gasteiger partial charge on any atom is 0.263 e. The van der Waals surface area contributed by atoms with Crippen molar-refractivity contribution in [2.45, 2.75) is 37.6 Å². The molecule has 1 amide bonds. The van der Waals surface area contributed by atoms with Crippen molar-refractivity contribution in [3.8, 4) is 0 Å². The molecule has 21 heavy (non-hydrogen) atoms. The molecule has 0 bridgehead atoms. The summed E-state index contributed by atoms with van der Waals surface area (Å²) in [5.41, 5.74) is 5.99. The van der Waals surface area contributed by atoms with E-state index in [1.165, 1.54) is 7.05 Å². The molecular weight excluding hydrogens is 310 g/mol. The molecule has 1 fully saturated rings. The van der Waals surface area contributed by atoms with Crippen LogP contribution in [0.25, 0.3) is 0 Å². The number of carbonyl (C=O) groups excluding carboxylic acids is 1. The van der Waals surface area contributed by atoms with E-state index in [2.05, 4.69) is 10.6 Å². The Morgan fingerprint density at radius 3 is 2.57 bits per heavy atom. The summed E-state index contributed by atoms with van der Waals surface area (Å²) < 4.78 is 24.6. The molecule has 0 saturated heterocycles. The van der Waals surface area contributed by atoms with E-state index in [0.29, 0.717) is 10.9 Å². The first-order chi connectivity index (χ1) is 9.81. The van der Waals surface area contributed by atoms with E-state index in [1.54, 1.807) is 6.92 Å². The van der Waals surface area contributed by atoms with Gasteiger partial charge in [-0.3, -0.25) is 4.79 Å². The summed E-state index contributed by atoms with van der Waals surface area (Å²) in [6.45, 7) is 3.59. The largest absolute Gasteiger partial charge is 0.396 e. The minimum absolute atomic E-state index is 0.0479. The van der Waals surface area contributed by atoms with Crippen LogP contribution in [0.15, 0.2) is 4.90 Å². The summed E-state index contributed by atoms with van der Waals surface area (Å²) in [6.07, 6.45) is 2.29. The second kappa shape index (κ2) is 5.84. The normalized spacial score (nSPS) is 16.5. The van der Waals surface area contributed by atoms with Gasteiger partial charge in [-0.2, -0.15) is 0 Å². The molecule has 1 unspecified atom stereocenters. The van der Waals surface area contributed by atoms with Gasteiger partial charge in [0.05, 0.1) is 11.4 Å². The zero-order chi connectivity index (χ0) is 15.8. The van der Waals surface area contributed by atoms with Crippen molar-refractivity contribution in [1.29, 1.82) is 0 Å². The van der Waals surface area contributed by atoms with Crippen LogP contribution in [0, 0.1) is 5.92 Å².